The van der Waals surface area contributed by atoms with E-state index in [0.717, 1.165) is 16.8 Å². The van der Waals surface area contributed by atoms with Gasteiger partial charge in [0, 0.05) is 12.3 Å². The molecular formula is C9H17N2O16P3. The van der Waals surface area contributed by atoms with Gasteiger partial charge in [-0.2, -0.15) is 8.62 Å². The zero-order valence-electron chi connectivity index (χ0n) is 14.3. The van der Waals surface area contributed by atoms with Crippen LogP contribution in [-0.2, 0) is 27.1 Å². The minimum atomic E-state index is -5.46. The molecule has 2 rings (SSSR count). The van der Waals surface area contributed by atoms with Gasteiger partial charge in [0.1, 0.15) is 18.3 Å². The van der Waals surface area contributed by atoms with Gasteiger partial charge < -0.3 is 44.5 Å². The molecule has 9 N–H and O–H groups in total. The summed E-state index contributed by atoms with van der Waals surface area (Å²) in [5.74, 6) is 0. The fraction of sp³-hybridized carbons (Fsp3) is 0.556. The number of hydrogen-bond acceptors (Lipinski definition) is 11. The third-order valence-corrected chi connectivity index (χ3v) is 6.41. The molecule has 18 nitrogen and oxygen atoms in total. The second-order valence-corrected chi connectivity index (χ2v) is 9.57. The summed E-state index contributed by atoms with van der Waals surface area (Å²) in [7, 11) is -16.2. The van der Waals surface area contributed by atoms with Crippen molar-refractivity contribution < 1.29 is 66.8 Å². The highest BCUT2D eigenvalue weighted by Gasteiger charge is 2.43. The van der Waals surface area contributed by atoms with Gasteiger partial charge in [0.05, 0.1) is 6.61 Å². The Hall–Kier alpha value is -1.07. The number of aliphatic hydroxyl groups is 3. The van der Waals surface area contributed by atoms with E-state index in [1.165, 1.54) is 0 Å². The van der Waals surface area contributed by atoms with Gasteiger partial charge in [-0.15, -0.1) is 0 Å². The molecule has 1 fully saturated rings. The van der Waals surface area contributed by atoms with Crippen LogP contribution in [0.5, 0.6) is 0 Å². The Morgan fingerprint density at radius 1 is 1.00 bits per heavy atom. The highest BCUT2D eigenvalue weighted by molar-refractivity contribution is 7.66. The maximum atomic E-state index is 11.4. The van der Waals surface area contributed by atoms with Crippen molar-refractivity contribution in [1.82, 2.24) is 9.55 Å². The summed E-state index contributed by atoms with van der Waals surface area (Å²) in [5, 5.41) is 28.1. The number of nitrogens with one attached hydrogen (secondary N) is 1. The Morgan fingerprint density at radius 3 is 1.87 bits per heavy atom. The van der Waals surface area contributed by atoms with Crippen molar-refractivity contribution in [2.45, 2.75) is 24.5 Å². The number of aromatic amines is 1. The molecule has 174 valence electrons. The zero-order valence-corrected chi connectivity index (χ0v) is 17.0. The topological polar surface area (TPSA) is 296 Å². The molecular weight excluding hydrogens is 485 g/mol. The van der Waals surface area contributed by atoms with Crippen molar-refractivity contribution in [3.8, 4) is 0 Å². The van der Waals surface area contributed by atoms with Gasteiger partial charge >= 0.3 is 29.2 Å². The van der Waals surface area contributed by atoms with Crippen molar-refractivity contribution in [1.29, 1.82) is 0 Å². The molecule has 1 aromatic heterocycles. The Kier molecular flexibility index (Phi) is 9.02. The van der Waals surface area contributed by atoms with Crippen LogP contribution in [0.25, 0.3) is 0 Å². The van der Waals surface area contributed by atoms with Gasteiger partial charge in [-0.3, -0.25) is 14.3 Å². The first kappa shape index (κ1) is 27.0. The fourth-order valence-corrected chi connectivity index (χ4v) is 4.56. The smallest absolute Gasteiger partial charge is 0.394 e. The summed E-state index contributed by atoms with van der Waals surface area (Å²) in [5.41, 5.74) is -1.33. The number of rotatable bonds is 6. The first-order valence-electron chi connectivity index (χ1n) is 7.26. The van der Waals surface area contributed by atoms with E-state index in [9.17, 15) is 33.5 Å². The van der Waals surface area contributed by atoms with Crippen molar-refractivity contribution in [2.24, 2.45) is 0 Å². The lowest BCUT2D eigenvalue weighted by molar-refractivity contribution is -0.0550. The van der Waals surface area contributed by atoms with E-state index in [0.29, 0.717) is 0 Å². The minimum Gasteiger partial charge on any atom is -0.394 e. The Morgan fingerprint density at radius 2 is 1.50 bits per heavy atom. The van der Waals surface area contributed by atoms with E-state index in [1.807, 2.05) is 4.98 Å². The summed E-state index contributed by atoms with van der Waals surface area (Å²) in [6, 6.07) is 1.09. The lowest BCUT2D eigenvalue weighted by Gasteiger charge is -2.16. The SMILES string of the molecule is O=P(O)(O)OP(=O)(O)OP(=O)(O)O.O=c1ccn([C@@H]2O[C@H](CO)[C@@H](O)[C@H]2O)c(=O)[nH]1. The molecule has 0 saturated carbocycles. The molecule has 0 amide bonds. The average Bonchev–Trinajstić information content (AvgIpc) is 2.79. The molecule has 1 saturated heterocycles. The number of aromatic nitrogens is 2. The van der Waals surface area contributed by atoms with Crippen LogP contribution < -0.4 is 11.2 Å². The fourth-order valence-electron chi connectivity index (χ4n) is 2.02. The average molecular weight is 502 g/mol. The van der Waals surface area contributed by atoms with Crippen molar-refractivity contribution in [3.05, 3.63) is 33.1 Å². The second-order valence-electron chi connectivity index (χ2n) is 5.36. The van der Waals surface area contributed by atoms with E-state index in [2.05, 4.69) is 8.62 Å². The first-order chi connectivity index (χ1) is 13.5. The highest BCUT2D eigenvalue weighted by Crippen LogP contribution is 2.64. The van der Waals surface area contributed by atoms with E-state index < -0.39 is 65.9 Å². The van der Waals surface area contributed by atoms with Crippen molar-refractivity contribution in [3.63, 3.8) is 0 Å². The summed E-state index contributed by atoms with van der Waals surface area (Å²) < 4.78 is 42.5. The number of H-pyrrole nitrogens is 1. The third-order valence-electron chi connectivity index (χ3n) is 3.06. The van der Waals surface area contributed by atoms with Gasteiger partial charge in [-0.25, -0.2) is 18.5 Å². The molecule has 0 bridgehead atoms. The molecule has 4 atom stereocenters. The van der Waals surface area contributed by atoms with Crippen LogP contribution in [0.3, 0.4) is 0 Å². The van der Waals surface area contributed by atoms with Crippen LogP contribution in [0.4, 0.5) is 0 Å². The largest absolute Gasteiger partial charge is 0.490 e. The summed E-state index contributed by atoms with van der Waals surface area (Å²) in [4.78, 5) is 64.5. The molecule has 0 spiro atoms. The Labute approximate surface area is 165 Å². The van der Waals surface area contributed by atoms with Gasteiger partial charge in [-0.05, 0) is 0 Å². The van der Waals surface area contributed by atoms with Crippen LogP contribution in [-0.4, -0.2) is 74.3 Å². The van der Waals surface area contributed by atoms with Crippen molar-refractivity contribution >= 4 is 23.5 Å². The van der Waals surface area contributed by atoms with Crippen molar-refractivity contribution in [2.75, 3.05) is 6.61 Å². The van der Waals surface area contributed by atoms with Gasteiger partial charge in [-0.1, -0.05) is 0 Å². The van der Waals surface area contributed by atoms with Gasteiger partial charge in [0.2, 0.25) is 0 Å². The van der Waals surface area contributed by atoms with Crippen LogP contribution in [0.1, 0.15) is 6.23 Å². The summed E-state index contributed by atoms with van der Waals surface area (Å²) in [6.45, 7) is -0.479. The highest BCUT2D eigenvalue weighted by atomic mass is 31.3. The monoisotopic (exact) mass is 502 g/mol. The van der Waals surface area contributed by atoms with Gasteiger partial charge in [0.15, 0.2) is 6.23 Å². The predicted octanol–water partition coefficient (Wildman–Crippen LogP) is -3.55. The standard InChI is InChI=1S/C9H12N2O6.H5O10P3/c12-3-4-6(14)7(15)8(17-4)11-2-1-5(13)10-9(11)16;1-11(2,3)9-13(7,8)10-12(4,5)6/h1-2,4,6-8,12,14-15H,3H2,(H,10,13,16);(H,7,8)(H2,1,2,3)(H2,4,5,6)/t4-,6-,7-,8-;/m1./s1. The number of phosphoric acid groups is 3. The molecule has 21 heteroatoms. The minimum absolute atomic E-state index is 0.479. The normalized spacial score (nSPS) is 24.9. The Balaban J connectivity index is 0.000000314. The first-order valence-corrected chi connectivity index (χ1v) is 11.8. The van der Waals surface area contributed by atoms with Crippen LogP contribution >= 0.6 is 23.5 Å². The zero-order chi connectivity index (χ0) is 23.5. The van der Waals surface area contributed by atoms with Crippen LogP contribution in [0.2, 0.25) is 0 Å². The maximum absolute atomic E-state index is 11.4. The molecule has 1 aromatic rings. The number of aliphatic hydroxyl groups excluding tert-OH is 3. The molecule has 2 heterocycles. The quantitative estimate of drug-likeness (QED) is 0.170. The lowest BCUT2D eigenvalue weighted by atomic mass is 10.1. The summed E-state index contributed by atoms with van der Waals surface area (Å²) in [6.07, 6.45) is -3.58. The molecule has 0 aliphatic carbocycles. The number of ether oxygens (including phenoxy) is 1. The van der Waals surface area contributed by atoms with E-state index in [4.69, 9.17) is 34.3 Å². The molecule has 0 radical (unpaired) electrons. The summed E-state index contributed by atoms with van der Waals surface area (Å²) >= 11 is 0. The predicted molar refractivity (Wildman–Crippen MR) is 90.4 cm³/mol. The number of hydrogen-bond donors (Lipinski definition) is 9. The Bertz CT molecular complexity index is 949. The lowest BCUT2D eigenvalue weighted by Crippen LogP contribution is -2.37. The molecule has 1 aliphatic rings. The second kappa shape index (κ2) is 10.0. The molecule has 1 aliphatic heterocycles. The van der Waals surface area contributed by atoms with Gasteiger partial charge in [0.25, 0.3) is 5.56 Å². The molecule has 30 heavy (non-hydrogen) atoms. The van der Waals surface area contributed by atoms with E-state index in [1.54, 1.807) is 0 Å². The molecule has 0 unspecified atom stereocenters. The number of nitrogens with zero attached hydrogens (tertiary/aromatic N) is 1. The molecule has 0 aromatic carbocycles. The van der Waals surface area contributed by atoms with Crippen LogP contribution in [0, 0.1) is 0 Å². The van der Waals surface area contributed by atoms with Crippen LogP contribution in [0.15, 0.2) is 21.9 Å². The third kappa shape index (κ3) is 8.58. The van der Waals surface area contributed by atoms with E-state index >= 15 is 0 Å². The maximum Gasteiger partial charge on any atom is 0.490 e. The van der Waals surface area contributed by atoms with E-state index in [-0.39, 0.29) is 0 Å².